The lowest BCUT2D eigenvalue weighted by molar-refractivity contribution is -0.136. The molecule has 0 aliphatic carbocycles. The predicted molar refractivity (Wildman–Crippen MR) is 48.9 cm³/mol. The van der Waals surface area contributed by atoms with Crippen LogP contribution in [0.15, 0.2) is 0 Å². The number of rotatable bonds is 2. The fourth-order valence-corrected chi connectivity index (χ4v) is 1.59. The highest BCUT2D eigenvalue weighted by Crippen LogP contribution is 2.17. The maximum Gasteiger partial charge on any atom is 0.239 e. The summed E-state index contributed by atoms with van der Waals surface area (Å²) in [6.45, 7) is 6.33. The van der Waals surface area contributed by atoms with Crippen LogP contribution in [0.2, 0.25) is 0 Å². The molecule has 0 bridgehead atoms. The number of amides is 1. The van der Waals surface area contributed by atoms with Gasteiger partial charge < -0.3 is 4.90 Å². The number of likely N-dealkylation sites (N-methyl/N-ethyl adjacent to an activating group) is 1. The zero-order chi connectivity index (χ0) is 9.30. The monoisotopic (exact) mass is 170 g/mol. The van der Waals surface area contributed by atoms with Crippen molar-refractivity contribution in [3.05, 3.63) is 0 Å². The molecule has 12 heavy (non-hydrogen) atoms. The minimum absolute atomic E-state index is 0.0659. The van der Waals surface area contributed by atoms with E-state index in [0.29, 0.717) is 0 Å². The quantitative estimate of drug-likeness (QED) is 0.599. The maximum absolute atomic E-state index is 11.5. The highest BCUT2D eigenvalue weighted by atomic mass is 16.2. The maximum atomic E-state index is 11.5. The Hall–Kier alpha value is -0.570. The van der Waals surface area contributed by atoms with Crippen LogP contribution in [0.25, 0.3) is 0 Å². The van der Waals surface area contributed by atoms with E-state index < -0.39 is 0 Å². The molecule has 0 aromatic carbocycles. The van der Waals surface area contributed by atoms with E-state index in [2.05, 4.69) is 11.8 Å². The molecule has 70 valence electrons. The van der Waals surface area contributed by atoms with Crippen molar-refractivity contribution in [2.75, 3.05) is 27.2 Å². The molecular formula is C9H18N2O. The van der Waals surface area contributed by atoms with Crippen molar-refractivity contribution in [1.29, 1.82) is 0 Å². The van der Waals surface area contributed by atoms with Crippen molar-refractivity contribution in [2.24, 2.45) is 5.92 Å². The summed E-state index contributed by atoms with van der Waals surface area (Å²) in [5.74, 6) is 0.976. The fourth-order valence-electron chi connectivity index (χ4n) is 1.59. The highest BCUT2D eigenvalue weighted by molar-refractivity contribution is 5.81. The van der Waals surface area contributed by atoms with Gasteiger partial charge in [-0.3, -0.25) is 9.69 Å². The first-order valence-corrected chi connectivity index (χ1v) is 4.47. The Kier molecular flexibility index (Phi) is 2.73. The van der Waals surface area contributed by atoms with Gasteiger partial charge in [-0.25, -0.2) is 0 Å². The normalized spacial score (nSPS) is 21.7. The summed E-state index contributed by atoms with van der Waals surface area (Å²) < 4.78 is 0. The second-order valence-electron chi connectivity index (χ2n) is 3.97. The SMILES string of the molecule is CC1CN(C(C)C(=O)N(C)C)C1. The molecule has 0 aromatic heterocycles. The van der Waals surface area contributed by atoms with Crippen molar-refractivity contribution < 1.29 is 4.79 Å². The number of nitrogens with zero attached hydrogens (tertiary/aromatic N) is 2. The number of carbonyl (C=O) groups excluding carboxylic acids is 1. The predicted octanol–water partition coefficient (Wildman–Crippen LogP) is 0.415. The molecule has 3 heteroatoms. The van der Waals surface area contributed by atoms with Gasteiger partial charge in [0.1, 0.15) is 0 Å². The van der Waals surface area contributed by atoms with Crippen LogP contribution >= 0.6 is 0 Å². The molecule has 1 amide bonds. The van der Waals surface area contributed by atoms with Gasteiger partial charge in [-0.2, -0.15) is 0 Å². The first kappa shape index (κ1) is 9.52. The topological polar surface area (TPSA) is 23.6 Å². The van der Waals surface area contributed by atoms with E-state index in [1.807, 2.05) is 21.0 Å². The standard InChI is InChI=1S/C9H18N2O/c1-7-5-11(6-7)8(2)9(12)10(3)4/h7-8H,5-6H2,1-4H3. The van der Waals surface area contributed by atoms with E-state index in [1.54, 1.807) is 4.90 Å². The number of hydrogen-bond donors (Lipinski definition) is 0. The van der Waals surface area contributed by atoms with Crippen molar-refractivity contribution in [2.45, 2.75) is 19.9 Å². The summed E-state index contributed by atoms with van der Waals surface area (Å²) >= 11 is 0. The molecular weight excluding hydrogens is 152 g/mol. The Morgan fingerprint density at radius 1 is 1.50 bits per heavy atom. The zero-order valence-corrected chi connectivity index (χ0v) is 8.37. The summed E-state index contributed by atoms with van der Waals surface area (Å²) in [5, 5.41) is 0. The Morgan fingerprint density at radius 3 is 2.33 bits per heavy atom. The van der Waals surface area contributed by atoms with E-state index >= 15 is 0 Å². The number of carbonyl (C=O) groups is 1. The molecule has 1 heterocycles. The van der Waals surface area contributed by atoms with E-state index in [4.69, 9.17) is 0 Å². The summed E-state index contributed by atoms with van der Waals surface area (Å²) in [6.07, 6.45) is 0. The Balaban J connectivity index is 2.38. The molecule has 3 nitrogen and oxygen atoms in total. The molecule has 0 saturated carbocycles. The summed E-state index contributed by atoms with van der Waals surface area (Å²) in [5.41, 5.74) is 0. The van der Waals surface area contributed by atoms with Crippen LogP contribution < -0.4 is 0 Å². The lowest BCUT2D eigenvalue weighted by Gasteiger charge is -2.41. The molecule has 0 aromatic rings. The van der Waals surface area contributed by atoms with Crippen LogP contribution in [0.5, 0.6) is 0 Å². The Labute approximate surface area is 74.3 Å². The van der Waals surface area contributed by atoms with Gasteiger partial charge in [-0.1, -0.05) is 6.92 Å². The van der Waals surface area contributed by atoms with E-state index in [1.165, 1.54) is 0 Å². The van der Waals surface area contributed by atoms with Gasteiger partial charge in [-0.15, -0.1) is 0 Å². The van der Waals surface area contributed by atoms with Crippen molar-refractivity contribution >= 4 is 5.91 Å². The molecule has 1 unspecified atom stereocenters. The number of likely N-dealkylation sites (tertiary alicyclic amines) is 1. The smallest absolute Gasteiger partial charge is 0.239 e. The van der Waals surface area contributed by atoms with Gasteiger partial charge in [0, 0.05) is 27.2 Å². The number of hydrogen-bond acceptors (Lipinski definition) is 2. The average Bonchev–Trinajstić information content (AvgIpc) is 1.95. The van der Waals surface area contributed by atoms with Crippen molar-refractivity contribution in [3.8, 4) is 0 Å². The summed E-state index contributed by atoms with van der Waals surface area (Å²) in [6, 6.07) is 0.0659. The van der Waals surface area contributed by atoms with Crippen molar-refractivity contribution in [1.82, 2.24) is 9.80 Å². The third-order valence-corrected chi connectivity index (χ3v) is 2.44. The van der Waals surface area contributed by atoms with E-state index in [0.717, 1.165) is 19.0 Å². The third kappa shape index (κ3) is 1.78. The Bertz CT molecular complexity index is 173. The van der Waals surface area contributed by atoms with Crippen LogP contribution in [0, 0.1) is 5.92 Å². The van der Waals surface area contributed by atoms with E-state index in [9.17, 15) is 4.79 Å². The summed E-state index contributed by atoms with van der Waals surface area (Å²) in [4.78, 5) is 15.3. The van der Waals surface area contributed by atoms with Gasteiger partial charge in [0.05, 0.1) is 6.04 Å². The van der Waals surface area contributed by atoms with Crippen LogP contribution in [-0.2, 0) is 4.79 Å². The Morgan fingerprint density at radius 2 is 2.00 bits per heavy atom. The molecule has 1 saturated heterocycles. The zero-order valence-electron chi connectivity index (χ0n) is 8.37. The minimum atomic E-state index is 0.0659. The first-order valence-electron chi connectivity index (χ1n) is 4.47. The molecule has 1 rings (SSSR count). The molecule has 1 atom stereocenters. The molecule has 1 fully saturated rings. The summed E-state index contributed by atoms with van der Waals surface area (Å²) in [7, 11) is 3.62. The van der Waals surface area contributed by atoms with Gasteiger partial charge >= 0.3 is 0 Å². The fraction of sp³-hybridized carbons (Fsp3) is 0.889. The lowest BCUT2D eigenvalue weighted by atomic mass is 10.00. The van der Waals surface area contributed by atoms with Gasteiger partial charge in [0.25, 0.3) is 0 Å². The molecule has 0 spiro atoms. The van der Waals surface area contributed by atoms with Gasteiger partial charge in [-0.05, 0) is 12.8 Å². The molecule has 1 aliphatic rings. The van der Waals surface area contributed by atoms with E-state index in [-0.39, 0.29) is 11.9 Å². The van der Waals surface area contributed by atoms with Crippen LogP contribution in [-0.4, -0.2) is 48.9 Å². The third-order valence-electron chi connectivity index (χ3n) is 2.44. The largest absolute Gasteiger partial charge is 0.347 e. The van der Waals surface area contributed by atoms with Crippen LogP contribution in [0.1, 0.15) is 13.8 Å². The average molecular weight is 170 g/mol. The lowest BCUT2D eigenvalue weighted by Crippen LogP contribution is -2.54. The van der Waals surface area contributed by atoms with Crippen LogP contribution in [0.3, 0.4) is 0 Å². The molecule has 0 N–H and O–H groups in total. The van der Waals surface area contributed by atoms with Crippen LogP contribution in [0.4, 0.5) is 0 Å². The van der Waals surface area contributed by atoms with Crippen molar-refractivity contribution in [3.63, 3.8) is 0 Å². The highest BCUT2D eigenvalue weighted by Gasteiger charge is 2.31. The first-order chi connectivity index (χ1) is 5.52. The second-order valence-corrected chi connectivity index (χ2v) is 3.97. The molecule has 0 radical (unpaired) electrons. The second kappa shape index (κ2) is 3.44. The van der Waals surface area contributed by atoms with Gasteiger partial charge in [0.2, 0.25) is 5.91 Å². The minimum Gasteiger partial charge on any atom is -0.347 e. The molecule has 1 aliphatic heterocycles. The van der Waals surface area contributed by atoms with Gasteiger partial charge in [0.15, 0.2) is 0 Å².